The van der Waals surface area contributed by atoms with Gasteiger partial charge in [0.1, 0.15) is 5.69 Å². The Hall–Kier alpha value is -1.36. The second-order valence-electron chi connectivity index (χ2n) is 4.10. The Morgan fingerprint density at radius 1 is 1.75 bits per heavy atom. The summed E-state index contributed by atoms with van der Waals surface area (Å²) in [6.45, 7) is 5.10. The summed E-state index contributed by atoms with van der Waals surface area (Å²) in [4.78, 5) is 14.1. The van der Waals surface area contributed by atoms with Gasteiger partial charge in [-0.2, -0.15) is 5.10 Å². The fourth-order valence-electron chi connectivity index (χ4n) is 2.23. The van der Waals surface area contributed by atoms with Crippen LogP contribution >= 0.6 is 0 Å². The number of hydrogen-bond donors (Lipinski definition) is 2. The normalized spacial score (nSPS) is 21.2. The monoisotopic (exact) mass is 222 g/mol. The first-order valence-corrected chi connectivity index (χ1v) is 5.83. The Kier molecular flexibility index (Phi) is 3.56. The van der Waals surface area contributed by atoms with E-state index in [4.69, 9.17) is 0 Å². The lowest BCUT2D eigenvalue weighted by Gasteiger charge is -2.22. The van der Waals surface area contributed by atoms with Crippen molar-refractivity contribution in [2.24, 2.45) is 0 Å². The number of amides is 1. The van der Waals surface area contributed by atoms with Crippen LogP contribution in [0.2, 0.25) is 0 Å². The lowest BCUT2D eigenvalue weighted by atomic mass is 10.2. The van der Waals surface area contributed by atoms with Crippen LogP contribution in [0.15, 0.2) is 12.3 Å². The average molecular weight is 222 g/mol. The SMILES string of the molecule is CCN1CCC[C@H]1CNC(=O)c1ccn[nH]1. The Morgan fingerprint density at radius 3 is 3.31 bits per heavy atom. The first kappa shape index (κ1) is 11.1. The molecule has 1 amide bonds. The van der Waals surface area contributed by atoms with E-state index in [1.807, 2.05) is 0 Å². The molecule has 2 rings (SSSR count). The molecule has 0 aromatic carbocycles. The molecule has 1 aliphatic heterocycles. The van der Waals surface area contributed by atoms with Crippen LogP contribution in [0.4, 0.5) is 0 Å². The summed E-state index contributed by atoms with van der Waals surface area (Å²) in [5, 5.41) is 9.36. The molecule has 1 aliphatic rings. The van der Waals surface area contributed by atoms with Gasteiger partial charge in [-0.1, -0.05) is 6.92 Å². The zero-order valence-electron chi connectivity index (χ0n) is 9.57. The number of aromatic amines is 1. The van der Waals surface area contributed by atoms with Gasteiger partial charge < -0.3 is 5.32 Å². The molecule has 0 bridgehead atoms. The Balaban J connectivity index is 1.81. The number of aromatic nitrogens is 2. The summed E-state index contributed by atoms with van der Waals surface area (Å²) in [6, 6.07) is 2.18. The Labute approximate surface area is 95.2 Å². The molecule has 0 aliphatic carbocycles. The number of likely N-dealkylation sites (tertiary alicyclic amines) is 1. The van der Waals surface area contributed by atoms with E-state index < -0.39 is 0 Å². The van der Waals surface area contributed by atoms with Crippen molar-refractivity contribution in [1.82, 2.24) is 20.4 Å². The van der Waals surface area contributed by atoms with Crippen molar-refractivity contribution in [2.45, 2.75) is 25.8 Å². The van der Waals surface area contributed by atoms with Crippen LogP contribution in [0.25, 0.3) is 0 Å². The third-order valence-corrected chi connectivity index (χ3v) is 3.15. The van der Waals surface area contributed by atoms with E-state index in [0.29, 0.717) is 11.7 Å². The van der Waals surface area contributed by atoms with E-state index in [9.17, 15) is 4.79 Å². The molecule has 1 aromatic rings. The van der Waals surface area contributed by atoms with E-state index in [1.165, 1.54) is 12.8 Å². The molecular formula is C11H18N4O. The lowest BCUT2D eigenvalue weighted by molar-refractivity contribution is 0.0936. The van der Waals surface area contributed by atoms with Gasteiger partial charge in [-0.05, 0) is 32.0 Å². The van der Waals surface area contributed by atoms with Gasteiger partial charge in [-0.3, -0.25) is 14.8 Å². The molecule has 1 saturated heterocycles. The summed E-state index contributed by atoms with van der Waals surface area (Å²) in [6.07, 6.45) is 4.00. The maximum atomic E-state index is 11.7. The highest BCUT2D eigenvalue weighted by atomic mass is 16.1. The highest BCUT2D eigenvalue weighted by Crippen LogP contribution is 2.15. The van der Waals surface area contributed by atoms with Gasteiger partial charge in [0, 0.05) is 18.8 Å². The topological polar surface area (TPSA) is 61.0 Å². The summed E-state index contributed by atoms with van der Waals surface area (Å²) in [5.74, 6) is -0.0690. The van der Waals surface area contributed by atoms with Crippen molar-refractivity contribution in [3.05, 3.63) is 18.0 Å². The molecule has 0 saturated carbocycles. The zero-order valence-corrected chi connectivity index (χ0v) is 9.57. The molecule has 5 nitrogen and oxygen atoms in total. The highest BCUT2D eigenvalue weighted by molar-refractivity contribution is 5.92. The highest BCUT2D eigenvalue weighted by Gasteiger charge is 2.23. The van der Waals surface area contributed by atoms with Crippen LogP contribution in [-0.4, -0.2) is 46.7 Å². The molecule has 16 heavy (non-hydrogen) atoms. The molecule has 1 aromatic heterocycles. The first-order chi connectivity index (χ1) is 7.81. The predicted octanol–water partition coefficient (Wildman–Crippen LogP) is 0.624. The summed E-state index contributed by atoms with van der Waals surface area (Å²) >= 11 is 0. The van der Waals surface area contributed by atoms with E-state index in [0.717, 1.165) is 19.6 Å². The molecule has 0 spiro atoms. The van der Waals surface area contributed by atoms with Crippen molar-refractivity contribution in [2.75, 3.05) is 19.6 Å². The van der Waals surface area contributed by atoms with Gasteiger partial charge in [-0.15, -0.1) is 0 Å². The predicted molar refractivity (Wildman–Crippen MR) is 61.2 cm³/mol. The van der Waals surface area contributed by atoms with Gasteiger partial charge in [-0.25, -0.2) is 0 Å². The molecule has 0 radical (unpaired) electrons. The molecule has 88 valence electrons. The van der Waals surface area contributed by atoms with Crippen molar-refractivity contribution >= 4 is 5.91 Å². The minimum absolute atomic E-state index is 0.0690. The number of nitrogens with zero attached hydrogens (tertiary/aromatic N) is 2. The number of rotatable bonds is 4. The number of nitrogens with one attached hydrogen (secondary N) is 2. The second kappa shape index (κ2) is 5.12. The fourth-order valence-corrected chi connectivity index (χ4v) is 2.23. The summed E-state index contributed by atoms with van der Waals surface area (Å²) in [5.41, 5.74) is 0.529. The fraction of sp³-hybridized carbons (Fsp3) is 0.636. The first-order valence-electron chi connectivity index (χ1n) is 5.83. The maximum Gasteiger partial charge on any atom is 0.269 e. The van der Waals surface area contributed by atoms with E-state index in [1.54, 1.807) is 12.3 Å². The molecule has 5 heteroatoms. The van der Waals surface area contributed by atoms with Crippen LogP contribution in [-0.2, 0) is 0 Å². The van der Waals surface area contributed by atoms with Gasteiger partial charge in [0.25, 0.3) is 5.91 Å². The third kappa shape index (κ3) is 2.41. The minimum atomic E-state index is -0.0690. The second-order valence-corrected chi connectivity index (χ2v) is 4.10. The number of carbonyl (C=O) groups excluding carboxylic acids is 1. The van der Waals surface area contributed by atoms with Crippen molar-refractivity contribution in [1.29, 1.82) is 0 Å². The van der Waals surface area contributed by atoms with E-state index in [-0.39, 0.29) is 5.91 Å². The smallest absolute Gasteiger partial charge is 0.269 e. The molecule has 1 atom stereocenters. The number of hydrogen-bond acceptors (Lipinski definition) is 3. The number of H-pyrrole nitrogens is 1. The van der Waals surface area contributed by atoms with Crippen LogP contribution in [0.3, 0.4) is 0 Å². The van der Waals surface area contributed by atoms with Gasteiger partial charge in [0.2, 0.25) is 0 Å². The average Bonchev–Trinajstić information content (AvgIpc) is 2.96. The van der Waals surface area contributed by atoms with Crippen LogP contribution in [0.1, 0.15) is 30.3 Å². The standard InChI is InChI=1S/C11H18N4O/c1-2-15-7-3-4-9(15)8-12-11(16)10-5-6-13-14-10/h5-6,9H,2-4,7-8H2,1H3,(H,12,16)(H,13,14)/t9-/m0/s1. The van der Waals surface area contributed by atoms with Crippen LogP contribution in [0.5, 0.6) is 0 Å². The maximum absolute atomic E-state index is 11.7. The van der Waals surface area contributed by atoms with Gasteiger partial charge in [0.15, 0.2) is 0 Å². The number of carbonyl (C=O) groups is 1. The largest absolute Gasteiger partial charge is 0.349 e. The van der Waals surface area contributed by atoms with Gasteiger partial charge in [0.05, 0.1) is 0 Å². The molecular weight excluding hydrogens is 204 g/mol. The van der Waals surface area contributed by atoms with E-state index >= 15 is 0 Å². The molecule has 2 N–H and O–H groups in total. The van der Waals surface area contributed by atoms with Crippen molar-refractivity contribution in [3.63, 3.8) is 0 Å². The Morgan fingerprint density at radius 2 is 2.62 bits per heavy atom. The molecule has 0 unspecified atom stereocenters. The molecule has 1 fully saturated rings. The Bertz CT molecular complexity index is 336. The van der Waals surface area contributed by atoms with Crippen molar-refractivity contribution < 1.29 is 4.79 Å². The van der Waals surface area contributed by atoms with Crippen LogP contribution in [0, 0.1) is 0 Å². The zero-order chi connectivity index (χ0) is 11.4. The quantitative estimate of drug-likeness (QED) is 0.785. The third-order valence-electron chi connectivity index (χ3n) is 3.15. The molecule has 2 heterocycles. The van der Waals surface area contributed by atoms with Crippen LogP contribution < -0.4 is 5.32 Å². The number of likely N-dealkylation sites (N-methyl/N-ethyl adjacent to an activating group) is 1. The summed E-state index contributed by atoms with van der Waals surface area (Å²) in [7, 11) is 0. The summed E-state index contributed by atoms with van der Waals surface area (Å²) < 4.78 is 0. The van der Waals surface area contributed by atoms with Crippen molar-refractivity contribution in [3.8, 4) is 0 Å². The van der Waals surface area contributed by atoms with Gasteiger partial charge >= 0.3 is 0 Å². The minimum Gasteiger partial charge on any atom is -0.349 e. The van der Waals surface area contributed by atoms with E-state index in [2.05, 4.69) is 27.3 Å². The lowest BCUT2D eigenvalue weighted by Crippen LogP contribution is -2.40.